The number of carboxylic acid groups (broad SMARTS) is 1. The molecule has 0 aliphatic rings. The zero-order valence-corrected chi connectivity index (χ0v) is 13.5. The van der Waals surface area contributed by atoms with Gasteiger partial charge in [0.05, 0.1) is 11.3 Å². The van der Waals surface area contributed by atoms with Crippen molar-refractivity contribution in [3.63, 3.8) is 0 Å². The number of hydrogen-bond donors (Lipinski definition) is 2. The van der Waals surface area contributed by atoms with Crippen LogP contribution in [0, 0.1) is 13.8 Å². The minimum Gasteiger partial charge on any atom is -0.481 e. The molecule has 116 valence electrons. The number of aryl methyl sites for hydroxylation is 1. The van der Waals surface area contributed by atoms with Gasteiger partial charge < -0.3 is 15.0 Å². The van der Waals surface area contributed by atoms with Crippen LogP contribution in [0.3, 0.4) is 0 Å². The molecular formula is C16H18N2O3S. The first-order valence-corrected chi connectivity index (χ1v) is 7.76. The molecule has 1 heterocycles. The number of aromatic nitrogens is 1. The number of benzene rings is 1. The van der Waals surface area contributed by atoms with E-state index in [0.29, 0.717) is 11.3 Å². The standard InChI is InChI=1S/C16H18N2O3S/c1-10-8-14(11(2)18(10)3)16(21)17-12-4-6-13(7-5-12)22-9-15(19)20/h4-8H,9H2,1-3H3,(H,17,21)(H,19,20). The molecule has 2 aromatic rings. The van der Waals surface area contributed by atoms with E-state index in [0.717, 1.165) is 16.3 Å². The molecule has 0 spiro atoms. The van der Waals surface area contributed by atoms with Gasteiger partial charge in [0.15, 0.2) is 0 Å². The molecule has 2 N–H and O–H groups in total. The number of nitrogens with one attached hydrogen (secondary N) is 1. The molecule has 1 aromatic heterocycles. The number of rotatable bonds is 5. The summed E-state index contributed by atoms with van der Waals surface area (Å²) in [7, 11) is 1.93. The Balaban J connectivity index is 2.05. The third kappa shape index (κ3) is 3.71. The van der Waals surface area contributed by atoms with Gasteiger partial charge in [-0.2, -0.15) is 0 Å². The van der Waals surface area contributed by atoms with Gasteiger partial charge in [0, 0.05) is 29.0 Å². The summed E-state index contributed by atoms with van der Waals surface area (Å²) in [4.78, 5) is 23.7. The predicted octanol–water partition coefficient (Wildman–Crippen LogP) is 3.07. The van der Waals surface area contributed by atoms with E-state index in [4.69, 9.17) is 5.11 Å². The first-order valence-electron chi connectivity index (χ1n) is 6.77. The van der Waals surface area contributed by atoms with Crippen LogP contribution in [0.2, 0.25) is 0 Å². The fraction of sp³-hybridized carbons (Fsp3) is 0.250. The average molecular weight is 318 g/mol. The molecule has 0 radical (unpaired) electrons. The first kappa shape index (κ1) is 16.2. The Kier molecular flexibility index (Phi) is 4.92. The van der Waals surface area contributed by atoms with Gasteiger partial charge in [-0.05, 0) is 44.2 Å². The molecule has 0 aliphatic carbocycles. The van der Waals surface area contributed by atoms with Gasteiger partial charge >= 0.3 is 5.97 Å². The van der Waals surface area contributed by atoms with Crippen molar-refractivity contribution in [3.8, 4) is 0 Å². The van der Waals surface area contributed by atoms with Crippen molar-refractivity contribution in [3.05, 3.63) is 47.3 Å². The van der Waals surface area contributed by atoms with Crippen LogP contribution in [-0.2, 0) is 11.8 Å². The van der Waals surface area contributed by atoms with Gasteiger partial charge in [0.1, 0.15) is 0 Å². The van der Waals surface area contributed by atoms with E-state index in [2.05, 4.69) is 5.32 Å². The fourth-order valence-corrected chi connectivity index (χ4v) is 2.68. The van der Waals surface area contributed by atoms with Crippen molar-refractivity contribution in [1.82, 2.24) is 4.57 Å². The molecule has 0 atom stereocenters. The topological polar surface area (TPSA) is 71.3 Å². The third-order valence-corrected chi connectivity index (χ3v) is 4.49. The number of carbonyl (C=O) groups is 2. The van der Waals surface area contributed by atoms with Gasteiger partial charge in [0.25, 0.3) is 5.91 Å². The maximum absolute atomic E-state index is 12.3. The van der Waals surface area contributed by atoms with E-state index in [1.54, 1.807) is 24.3 Å². The van der Waals surface area contributed by atoms with E-state index in [-0.39, 0.29) is 11.7 Å². The number of hydrogen-bond acceptors (Lipinski definition) is 3. The van der Waals surface area contributed by atoms with Crippen LogP contribution >= 0.6 is 11.8 Å². The molecule has 1 amide bonds. The van der Waals surface area contributed by atoms with Gasteiger partial charge in [-0.25, -0.2) is 0 Å². The van der Waals surface area contributed by atoms with Gasteiger partial charge in [-0.3, -0.25) is 9.59 Å². The largest absolute Gasteiger partial charge is 0.481 e. The quantitative estimate of drug-likeness (QED) is 0.831. The second-order valence-corrected chi connectivity index (χ2v) is 6.05. The molecule has 2 rings (SSSR count). The Bertz CT molecular complexity index is 705. The Hall–Kier alpha value is -2.21. The van der Waals surface area contributed by atoms with Crippen LogP contribution < -0.4 is 5.32 Å². The number of thioether (sulfide) groups is 1. The van der Waals surface area contributed by atoms with Crippen molar-refractivity contribution in [2.45, 2.75) is 18.7 Å². The highest BCUT2D eigenvalue weighted by Crippen LogP contribution is 2.21. The fourth-order valence-electron chi connectivity index (χ4n) is 2.06. The lowest BCUT2D eigenvalue weighted by molar-refractivity contribution is -0.133. The van der Waals surface area contributed by atoms with Crippen LogP contribution in [0.5, 0.6) is 0 Å². The summed E-state index contributed by atoms with van der Waals surface area (Å²) in [5, 5.41) is 11.5. The predicted molar refractivity (Wildman–Crippen MR) is 87.6 cm³/mol. The summed E-state index contributed by atoms with van der Waals surface area (Å²) in [5.41, 5.74) is 3.29. The van der Waals surface area contributed by atoms with Crippen molar-refractivity contribution in [2.75, 3.05) is 11.1 Å². The maximum atomic E-state index is 12.3. The second-order valence-electron chi connectivity index (χ2n) is 5.00. The highest BCUT2D eigenvalue weighted by Gasteiger charge is 2.14. The second kappa shape index (κ2) is 6.70. The van der Waals surface area contributed by atoms with Crippen molar-refractivity contribution in [1.29, 1.82) is 0 Å². The highest BCUT2D eigenvalue weighted by molar-refractivity contribution is 8.00. The van der Waals surface area contributed by atoms with E-state index in [1.165, 1.54) is 11.8 Å². The van der Waals surface area contributed by atoms with Crippen molar-refractivity contribution in [2.24, 2.45) is 7.05 Å². The Morgan fingerprint density at radius 3 is 2.36 bits per heavy atom. The Morgan fingerprint density at radius 1 is 1.23 bits per heavy atom. The number of amides is 1. The molecule has 0 fully saturated rings. The van der Waals surface area contributed by atoms with Crippen LogP contribution in [-0.4, -0.2) is 27.3 Å². The minimum atomic E-state index is -0.850. The van der Waals surface area contributed by atoms with Crippen LogP contribution in [0.4, 0.5) is 5.69 Å². The molecule has 5 nitrogen and oxygen atoms in total. The number of anilines is 1. The lowest BCUT2D eigenvalue weighted by Gasteiger charge is -2.06. The minimum absolute atomic E-state index is 0.0220. The molecule has 0 saturated carbocycles. The van der Waals surface area contributed by atoms with E-state index in [1.807, 2.05) is 31.5 Å². The number of nitrogens with zero attached hydrogens (tertiary/aromatic N) is 1. The normalized spacial score (nSPS) is 10.5. The zero-order chi connectivity index (χ0) is 16.3. The Morgan fingerprint density at radius 2 is 1.86 bits per heavy atom. The molecular weight excluding hydrogens is 300 g/mol. The van der Waals surface area contributed by atoms with Crippen molar-refractivity contribution < 1.29 is 14.7 Å². The van der Waals surface area contributed by atoms with Gasteiger partial charge in [-0.1, -0.05) is 0 Å². The molecule has 0 saturated heterocycles. The number of carbonyl (C=O) groups excluding carboxylic acids is 1. The maximum Gasteiger partial charge on any atom is 0.313 e. The Labute approximate surface area is 133 Å². The first-order chi connectivity index (χ1) is 10.4. The van der Waals surface area contributed by atoms with E-state index >= 15 is 0 Å². The van der Waals surface area contributed by atoms with Gasteiger partial charge in [0.2, 0.25) is 0 Å². The molecule has 0 bridgehead atoms. The summed E-state index contributed by atoms with van der Waals surface area (Å²) in [6.45, 7) is 3.87. The van der Waals surface area contributed by atoms with E-state index in [9.17, 15) is 9.59 Å². The van der Waals surface area contributed by atoms with Crippen LogP contribution in [0.25, 0.3) is 0 Å². The zero-order valence-electron chi connectivity index (χ0n) is 12.7. The van der Waals surface area contributed by atoms with Crippen LogP contribution in [0.1, 0.15) is 21.7 Å². The monoisotopic (exact) mass is 318 g/mol. The molecule has 1 aromatic carbocycles. The lowest BCUT2D eigenvalue weighted by atomic mass is 10.2. The van der Waals surface area contributed by atoms with Crippen LogP contribution in [0.15, 0.2) is 35.2 Å². The summed E-state index contributed by atoms with van der Waals surface area (Å²) in [6.07, 6.45) is 0. The summed E-state index contributed by atoms with van der Waals surface area (Å²) in [5.74, 6) is -0.974. The molecule has 0 unspecified atom stereocenters. The average Bonchev–Trinajstić information content (AvgIpc) is 2.74. The summed E-state index contributed by atoms with van der Waals surface area (Å²) in [6, 6.07) is 9.00. The highest BCUT2D eigenvalue weighted by atomic mass is 32.2. The van der Waals surface area contributed by atoms with Crippen molar-refractivity contribution >= 4 is 29.3 Å². The third-order valence-electron chi connectivity index (χ3n) is 3.49. The number of carboxylic acids is 1. The summed E-state index contributed by atoms with van der Waals surface area (Å²) >= 11 is 1.24. The molecule has 22 heavy (non-hydrogen) atoms. The SMILES string of the molecule is Cc1cc(C(=O)Nc2ccc(SCC(=O)O)cc2)c(C)n1C. The van der Waals surface area contributed by atoms with E-state index < -0.39 is 5.97 Å². The van der Waals surface area contributed by atoms with Gasteiger partial charge in [-0.15, -0.1) is 11.8 Å². The summed E-state index contributed by atoms with van der Waals surface area (Å²) < 4.78 is 1.97. The smallest absolute Gasteiger partial charge is 0.313 e. The molecule has 6 heteroatoms. The lowest BCUT2D eigenvalue weighted by Crippen LogP contribution is -2.12. The molecule has 0 aliphatic heterocycles. The number of aliphatic carboxylic acids is 1.